The number of ketones is 1. The molecule has 2 atom stereocenters. The first-order valence-electron chi connectivity index (χ1n) is 7.77. The number of thioether (sulfide) groups is 1. The fourth-order valence-corrected chi connectivity index (χ4v) is 4.93. The SMILES string of the molecule is CSC1CCCCC1n1ccc2c1CC(C)(C)CC2=O. The standard InChI is InChI=1S/C17H25NOS/c1-17(2)10-14-12(15(19)11-17)8-9-18(14)13-6-4-5-7-16(13)20-3/h8-9,13,16H,4-7,10-11H2,1-3H3. The Bertz CT molecular complexity index is 517. The van der Waals surface area contributed by atoms with Gasteiger partial charge in [-0.05, 0) is 37.0 Å². The summed E-state index contributed by atoms with van der Waals surface area (Å²) >= 11 is 2.00. The third kappa shape index (κ3) is 2.45. The zero-order chi connectivity index (χ0) is 14.3. The van der Waals surface area contributed by atoms with Gasteiger partial charge in [-0.2, -0.15) is 11.8 Å². The molecule has 2 aliphatic carbocycles. The average molecular weight is 291 g/mol. The number of nitrogens with zero attached hydrogens (tertiary/aromatic N) is 1. The van der Waals surface area contributed by atoms with Crippen molar-refractivity contribution in [3.63, 3.8) is 0 Å². The van der Waals surface area contributed by atoms with Crippen molar-refractivity contribution in [1.29, 1.82) is 0 Å². The predicted molar refractivity (Wildman–Crippen MR) is 85.7 cm³/mol. The van der Waals surface area contributed by atoms with Gasteiger partial charge in [-0.15, -0.1) is 0 Å². The molecule has 3 rings (SSSR count). The monoisotopic (exact) mass is 291 g/mol. The second kappa shape index (κ2) is 5.25. The summed E-state index contributed by atoms with van der Waals surface area (Å²) in [5, 5.41) is 0.709. The van der Waals surface area contributed by atoms with E-state index in [1.807, 2.05) is 11.8 Å². The van der Waals surface area contributed by atoms with Crippen LogP contribution in [-0.4, -0.2) is 21.9 Å². The fraction of sp³-hybridized carbons (Fsp3) is 0.706. The largest absolute Gasteiger partial charge is 0.347 e. The summed E-state index contributed by atoms with van der Waals surface area (Å²) in [4.78, 5) is 12.3. The number of aromatic nitrogens is 1. The second-order valence-corrected chi connectivity index (χ2v) is 8.23. The summed E-state index contributed by atoms with van der Waals surface area (Å²) in [5.74, 6) is 0.339. The highest BCUT2D eigenvalue weighted by molar-refractivity contribution is 7.99. The summed E-state index contributed by atoms with van der Waals surface area (Å²) < 4.78 is 2.45. The van der Waals surface area contributed by atoms with Crippen LogP contribution < -0.4 is 0 Å². The summed E-state index contributed by atoms with van der Waals surface area (Å²) in [5.41, 5.74) is 2.41. The van der Waals surface area contributed by atoms with Crippen LogP contribution in [-0.2, 0) is 6.42 Å². The molecule has 0 radical (unpaired) electrons. The number of carbonyl (C=O) groups is 1. The Morgan fingerprint density at radius 2 is 2.00 bits per heavy atom. The lowest BCUT2D eigenvalue weighted by Gasteiger charge is -2.36. The van der Waals surface area contributed by atoms with Crippen LogP contribution in [0.5, 0.6) is 0 Å². The summed E-state index contributed by atoms with van der Waals surface area (Å²) in [6, 6.07) is 2.66. The quantitative estimate of drug-likeness (QED) is 0.801. The number of fused-ring (bicyclic) bond motifs is 1. The van der Waals surface area contributed by atoms with Crippen molar-refractivity contribution in [2.24, 2.45) is 5.41 Å². The average Bonchev–Trinajstić information content (AvgIpc) is 2.81. The molecule has 0 bridgehead atoms. The first kappa shape index (κ1) is 14.2. The molecule has 0 N–H and O–H groups in total. The number of hydrogen-bond acceptors (Lipinski definition) is 2. The Hall–Kier alpha value is -0.700. The zero-order valence-electron chi connectivity index (χ0n) is 12.8. The van der Waals surface area contributed by atoms with Gasteiger partial charge in [0.05, 0.1) is 0 Å². The second-order valence-electron chi connectivity index (χ2n) is 7.15. The molecule has 1 aromatic rings. The van der Waals surface area contributed by atoms with Crippen LogP contribution in [0.1, 0.15) is 68.0 Å². The normalized spacial score (nSPS) is 29.2. The molecule has 1 aromatic heterocycles. The van der Waals surface area contributed by atoms with Crippen molar-refractivity contribution >= 4 is 17.5 Å². The van der Waals surface area contributed by atoms with Gasteiger partial charge in [0, 0.05) is 35.2 Å². The highest BCUT2D eigenvalue weighted by Gasteiger charge is 2.35. The Labute approximate surface area is 126 Å². The predicted octanol–water partition coefficient (Wildman–Crippen LogP) is 4.49. The third-order valence-electron chi connectivity index (χ3n) is 4.94. The minimum atomic E-state index is 0.115. The van der Waals surface area contributed by atoms with Gasteiger partial charge in [0.1, 0.15) is 0 Å². The minimum Gasteiger partial charge on any atom is -0.347 e. The molecule has 0 aromatic carbocycles. The molecular formula is C17H25NOS. The minimum absolute atomic E-state index is 0.115. The van der Waals surface area contributed by atoms with Gasteiger partial charge in [-0.1, -0.05) is 26.7 Å². The topological polar surface area (TPSA) is 22.0 Å². The smallest absolute Gasteiger partial charge is 0.165 e. The molecule has 2 unspecified atom stereocenters. The van der Waals surface area contributed by atoms with Crippen LogP contribution in [0.2, 0.25) is 0 Å². The number of Topliss-reactive ketones (excluding diaryl/α,β-unsaturated/α-hetero) is 1. The first-order chi connectivity index (χ1) is 9.52. The maximum Gasteiger partial charge on any atom is 0.165 e. The molecule has 2 nitrogen and oxygen atoms in total. The van der Waals surface area contributed by atoms with E-state index in [0.29, 0.717) is 23.5 Å². The Morgan fingerprint density at radius 1 is 1.25 bits per heavy atom. The maximum atomic E-state index is 12.3. The molecule has 0 saturated heterocycles. The van der Waals surface area contributed by atoms with Gasteiger partial charge in [-0.25, -0.2) is 0 Å². The van der Waals surface area contributed by atoms with Crippen LogP contribution in [0, 0.1) is 5.41 Å². The van der Waals surface area contributed by atoms with Crippen LogP contribution in [0.3, 0.4) is 0 Å². The summed E-state index contributed by atoms with van der Waals surface area (Å²) in [6.45, 7) is 4.44. The van der Waals surface area contributed by atoms with E-state index < -0.39 is 0 Å². The van der Waals surface area contributed by atoms with E-state index in [-0.39, 0.29) is 5.41 Å². The van der Waals surface area contributed by atoms with Crippen molar-refractivity contribution in [1.82, 2.24) is 4.57 Å². The molecule has 20 heavy (non-hydrogen) atoms. The number of carbonyl (C=O) groups excluding carboxylic acids is 1. The highest BCUT2D eigenvalue weighted by Crippen LogP contribution is 2.41. The van der Waals surface area contributed by atoms with Crippen molar-refractivity contribution < 1.29 is 4.79 Å². The molecule has 0 aliphatic heterocycles. The lowest BCUT2D eigenvalue weighted by Crippen LogP contribution is -2.31. The number of rotatable bonds is 2. The lowest BCUT2D eigenvalue weighted by molar-refractivity contribution is 0.0909. The highest BCUT2D eigenvalue weighted by atomic mass is 32.2. The van der Waals surface area contributed by atoms with E-state index in [4.69, 9.17) is 0 Å². The maximum absolute atomic E-state index is 12.3. The lowest BCUT2D eigenvalue weighted by atomic mass is 9.76. The molecule has 110 valence electrons. The van der Waals surface area contributed by atoms with Crippen LogP contribution in [0.25, 0.3) is 0 Å². The van der Waals surface area contributed by atoms with E-state index in [9.17, 15) is 4.79 Å². The van der Waals surface area contributed by atoms with Crippen LogP contribution >= 0.6 is 11.8 Å². The van der Waals surface area contributed by atoms with Crippen molar-refractivity contribution in [2.45, 2.75) is 63.7 Å². The van der Waals surface area contributed by atoms with E-state index in [1.54, 1.807) is 0 Å². The van der Waals surface area contributed by atoms with Gasteiger partial charge in [0.2, 0.25) is 0 Å². The number of hydrogen-bond donors (Lipinski definition) is 0. The van der Waals surface area contributed by atoms with Gasteiger partial charge < -0.3 is 4.57 Å². The molecular weight excluding hydrogens is 266 g/mol. The van der Waals surface area contributed by atoms with Gasteiger partial charge in [0.15, 0.2) is 5.78 Å². The van der Waals surface area contributed by atoms with E-state index in [1.165, 1.54) is 31.4 Å². The van der Waals surface area contributed by atoms with Gasteiger partial charge in [0.25, 0.3) is 0 Å². The first-order valence-corrected chi connectivity index (χ1v) is 9.06. The Morgan fingerprint density at radius 3 is 2.75 bits per heavy atom. The third-order valence-corrected chi connectivity index (χ3v) is 6.09. The molecule has 3 heteroatoms. The van der Waals surface area contributed by atoms with E-state index >= 15 is 0 Å². The van der Waals surface area contributed by atoms with E-state index in [0.717, 1.165) is 12.0 Å². The van der Waals surface area contributed by atoms with Crippen LogP contribution in [0.4, 0.5) is 0 Å². The fourth-order valence-electron chi connectivity index (χ4n) is 3.95. The van der Waals surface area contributed by atoms with Crippen LogP contribution in [0.15, 0.2) is 12.3 Å². The van der Waals surface area contributed by atoms with Crippen molar-refractivity contribution in [3.05, 3.63) is 23.5 Å². The molecule has 0 amide bonds. The summed E-state index contributed by atoms with van der Waals surface area (Å²) in [6.07, 6.45) is 11.4. The molecule has 1 heterocycles. The summed E-state index contributed by atoms with van der Waals surface area (Å²) in [7, 11) is 0. The van der Waals surface area contributed by atoms with Crippen molar-refractivity contribution in [3.8, 4) is 0 Å². The van der Waals surface area contributed by atoms with Gasteiger partial charge in [-0.3, -0.25) is 4.79 Å². The molecule has 1 fully saturated rings. The van der Waals surface area contributed by atoms with Gasteiger partial charge >= 0.3 is 0 Å². The molecule has 2 aliphatic rings. The molecule has 1 saturated carbocycles. The zero-order valence-corrected chi connectivity index (χ0v) is 13.6. The van der Waals surface area contributed by atoms with E-state index in [2.05, 4.69) is 36.9 Å². The van der Waals surface area contributed by atoms with Crippen molar-refractivity contribution in [2.75, 3.05) is 6.26 Å². The molecule has 0 spiro atoms. The Kier molecular flexibility index (Phi) is 3.74. The Balaban J connectivity index is 1.97.